The maximum absolute atomic E-state index is 13.9. The highest BCUT2D eigenvalue weighted by Gasteiger charge is 2.32. The minimum absolute atomic E-state index is 0.185. The lowest BCUT2D eigenvalue weighted by molar-refractivity contribution is 0.0947. The molecule has 0 spiro atoms. The summed E-state index contributed by atoms with van der Waals surface area (Å²) in [5, 5.41) is 3.06. The van der Waals surface area contributed by atoms with Crippen molar-refractivity contribution in [3.63, 3.8) is 0 Å². The molecule has 6 nitrogen and oxygen atoms in total. The maximum Gasteiger partial charge on any atom is 0.259 e. The Hall–Kier alpha value is -3.29. The fraction of sp³-hybridized carbons (Fsp3) is 0.394. The first-order chi connectivity index (χ1) is 19.3. The summed E-state index contributed by atoms with van der Waals surface area (Å²) < 4.78 is 13.7. The third-order valence-electron chi connectivity index (χ3n) is 8.28. The number of carbonyl (C=O) groups excluding carboxylic acids is 2. The average molecular weight is 558 g/mol. The molecule has 210 valence electrons. The summed E-state index contributed by atoms with van der Waals surface area (Å²) in [7, 11) is 0.632. The van der Waals surface area contributed by atoms with Gasteiger partial charge in [-0.15, -0.1) is 0 Å². The second-order valence-electron chi connectivity index (χ2n) is 11.2. The van der Waals surface area contributed by atoms with Crippen LogP contribution in [0, 0.1) is 13.8 Å². The van der Waals surface area contributed by atoms with E-state index in [1.165, 1.54) is 32.1 Å². The smallest absolute Gasteiger partial charge is 0.259 e. The molecule has 1 fully saturated rings. The number of nitrogens with zero attached hydrogens (tertiary/aromatic N) is 2. The molecule has 3 aromatic rings. The van der Waals surface area contributed by atoms with Crippen LogP contribution in [-0.4, -0.2) is 47.1 Å². The summed E-state index contributed by atoms with van der Waals surface area (Å²) in [6.45, 7) is 5.91. The second kappa shape index (κ2) is 12.5. The number of fused-ring (bicyclic) bond motifs is 2. The van der Waals surface area contributed by atoms with Gasteiger partial charge >= 0.3 is 0 Å². The van der Waals surface area contributed by atoms with Gasteiger partial charge in [0.2, 0.25) is 0 Å². The molecule has 2 aliphatic rings. The van der Waals surface area contributed by atoms with Crippen LogP contribution >= 0.6 is 0 Å². The number of rotatable bonds is 8. The first-order valence-corrected chi connectivity index (χ1v) is 15.5. The number of carbonyl (C=O) groups is 2. The molecule has 5 rings (SSSR count). The van der Waals surface area contributed by atoms with Crippen molar-refractivity contribution in [1.82, 2.24) is 10.2 Å². The van der Waals surface area contributed by atoms with Crippen LogP contribution in [0.25, 0.3) is 0 Å². The number of anilines is 1. The molecule has 7 heteroatoms. The van der Waals surface area contributed by atoms with Crippen LogP contribution in [0.2, 0.25) is 0 Å². The standard InChI is InChI=1S/C33H39N3O3S/c1-23-14-15-24(2)26(20-23)22-36-29-21-25(32(37)34-18-9-19-35(3)27-10-5-4-6-11-27)16-17-31(29)40(39)30-13-8-7-12-28(30)33(36)38/h7-8,12-17,20-21,27H,4-6,9-11,18-19,22H2,1-3H3,(H,34,37). The van der Waals surface area contributed by atoms with E-state index in [-0.39, 0.29) is 11.8 Å². The van der Waals surface area contributed by atoms with Gasteiger partial charge in [0.1, 0.15) is 0 Å². The Morgan fingerprint density at radius 3 is 2.58 bits per heavy atom. The number of hydrogen-bond donors (Lipinski definition) is 1. The van der Waals surface area contributed by atoms with Crippen molar-refractivity contribution in [2.75, 3.05) is 25.0 Å². The summed E-state index contributed by atoms with van der Waals surface area (Å²) in [5.41, 5.74) is 4.60. The Morgan fingerprint density at radius 1 is 1.00 bits per heavy atom. The Balaban J connectivity index is 1.38. The zero-order chi connectivity index (χ0) is 28.2. The van der Waals surface area contributed by atoms with Crippen molar-refractivity contribution in [3.05, 3.63) is 88.5 Å². The van der Waals surface area contributed by atoms with Gasteiger partial charge in [-0.05, 0) is 88.2 Å². The fourth-order valence-corrected chi connectivity index (χ4v) is 7.18. The number of aryl methyl sites for hydroxylation is 2. The Labute approximate surface area is 240 Å². The van der Waals surface area contributed by atoms with Gasteiger partial charge in [0, 0.05) is 18.2 Å². The molecular weight excluding hydrogens is 518 g/mol. The van der Waals surface area contributed by atoms with Crippen LogP contribution in [-0.2, 0) is 17.3 Å². The van der Waals surface area contributed by atoms with Crippen molar-refractivity contribution < 1.29 is 13.8 Å². The van der Waals surface area contributed by atoms with Crippen molar-refractivity contribution in [1.29, 1.82) is 0 Å². The molecule has 1 atom stereocenters. The molecule has 1 aliphatic carbocycles. The lowest BCUT2D eigenvalue weighted by atomic mass is 9.94. The van der Waals surface area contributed by atoms with Crippen molar-refractivity contribution in [2.24, 2.45) is 0 Å². The van der Waals surface area contributed by atoms with E-state index in [9.17, 15) is 13.8 Å². The lowest BCUT2D eigenvalue weighted by Crippen LogP contribution is -2.36. The normalized spacial score (nSPS) is 17.4. The summed E-state index contributed by atoms with van der Waals surface area (Å²) in [4.78, 5) is 32.3. The number of nitrogens with one attached hydrogen (secondary N) is 1. The van der Waals surface area contributed by atoms with E-state index in [0.29, 0.717) is 45.7 Å². The molecule has 40 heavy (non-hydrogen) atoms. The third kappa shape index (κ3) is 6.06. The number of amides is 2. The number of hydrogen-bond acceptors (Lipinski definition) is 4. The highest BCUT2D eigenvalue weighted by Crippen LogP contribution is 2.36. The predicted molar refractivity (Wildman–Crippen MR) is 160 cm³/mol. The zero-order valence-corrected chi connectivity index (χ0v) is 24.6. The van der Waals surface area contributed by atoms with E-state index in [0.717, 1.165) is 29.7 Å². The van der Waals surface area contributed by atoms with Crippen LogP contribution in [0.15, 0.2) is 70.5 Å². The van der Waals surface area contributed by atoms with Crippen molar-refractivity contribution >= 4 is 28.3 Å². The van der Waals surface area contributed by atoms with E-state index >= 15 is 0 Å². The van der Waals surface area contributed by atoms with Gasteiger partial charge in [0.15, 0.2) is 0 Å². The van der Waals surface area contributed by atoms with Gasteiger partial charge in [-0.3, -0.25) is 9.59 Å². The van der Waals surface area contributed by atoms with Gasteiger partial charge < -0.3 is 15.1 Å². The number of benzene rings is 3. The minimum Gasteiger partial charge on any atom is -0.352 e. The lowest BCUT2D eigenvalue weighted by Gasteiger charge is -2.31. The van der Waals surface area contributed by atoms with Crippen LogP contribution in [0.3, 0.4) is 0 Å². The maximum atomic E-state index is 13.9. The van der Waals surface area contributed by atoms with Gasteiger partial charge in [-0.1, -0.05) is 55.2 Å². The van der Waals surface area contributed by atoms with E-state index in [1.54, 1.807) is 47.4 Å². The molecule has 0 bridgehead atoms. The quantitative estimate of drug-likeness (QED) is 0.344. The zero-order valence-electron chi connectivity index (χ0n) is 23.7. The highest BCUT2D eigenvalue weighted by molar-refractivity contribution is 7.85. The first-order valence-electron chi connectivity index (χ1n) is 14.3. The summed E-state index contributed by atoms with van der Waals surface area (Å²) >= 11 is 0. The first kappa shape index (κ1) is 28.2. The van der Waals surface area contributed by atoms with E-state index in [1.807, 2.05) is 13.8 Å². The molecular formula is C33H39N3O3S. The average Bonchev–Trinajstić information content (AvgIpc) is 3.06. The van der Waals surface area contributed by atoms with Crippen molar-refractivity contribution in [2.45, 2.75) is 74.7 Å². The van der Waals surface area contributed by atoms with Crippen LogP contribution in [0.5, 0.6) is 0 Å². The molecule has 2 amide bonds. The fourth-order valence-electron chi connectivity index (χ4n) is 5.84. The molecule has 1 N–H and O–H groups in total. The summed E-state index contributed by atoms with van der Waals surface area (Å²) in [6.07, 6.45) is 7.36. The van der Waals surface area contributed by atoms with Gasteiger partial charge in [-0.2, -0.15) is 0 Å². The van der Waals surface area contributed by atoms with Gasteiger partial charge in [-0.25, -0.2) is 4.21 Å². The molecule has 0 saturated heterocycles. The molecule has 1 heterocycles. The molecule has 1 saturated carbocycles. The molecule has 3 aromatic carbocycles. The van der Waals surface area contributed by atoms with Crippen LogP contribution < -0.4 is 10.2 Å². The molecule has 1 aliphatic heterocycles. The largest absolute Gasteiger partial charge is 0.352 e. The van der Waals surface area contributed by atoms with Gasteiger partial charge in [0.05, 0.1) is 38.4 Å². The van der Waals surface area contributed by atoms with E-state index < -0.39 is 10.8 Å². The highest BCUT2D eigenvalue weighted by atomic mass is 32.2. The van der Waals surface area contributed by atoms with E-state index in [4.69, 9.17) is 0 Å². The summed E-state index contributed by atoms with van der Waals surface area (Å²) in [6, 6.07) is 19.1. The SMILES string of the molecule is Cc1ccc(C)c(CN2C(=O)c3ccccc3S(=O)c3ccc(C(=O)NCCCN(C)C4CCCCC4)cc32)c1. The monoisotopic (exact) mass is 557 g/mol. The minimum atomic E-state index is -1.55. The van der Waals surface area contributed by atoms with Crippen LogP contribution in [0.4, 0.5) is 5.69 Å². The molecule has 1 unspecified atom stereocenters. The topological polar surface area (TPSA) is 69.7 Å². The van der Waals surface area contributed by atoms with Crippen molar-refractivity contribution in [3.8, 4) is 0 Å². The molecule has 0 aromatic heterocycles. The van der Waals surface area contributed by atoms with E-state index in [2.05, 4.69) is 35.5 Å². The summed E-state index contributed by atoms with van der Waals surface area (Å²) in [5.74, 6) is -0.401. The molecule has 0 radical (unpaired) electrons. The third-order valence-corrected chi connectivity index (χ3v) is 9.78. The predicted octanol–water partition coefficient (Wildman–Crippen LogP) is 6.01. The Morgan fingerprint density at radius 2 is 1.77 bits per heavy atom. The van der Waals surface area contributed by atoms with Crippen LogP contribution in [0.1, 0.15) is 75.9 Å². The second-order valence-corrected chi connectivity index (χ2v) is 12.6. The Kier molecular flexibility index (Phi) is 8.81. The van der Waals surface area contributed by atoms with Gasteiger partial charge in [0.25, 0.3) is 11.8 Å². The Bertz CT molecular complexity index is 1430.